The molecule has 4 atom stereocenters. The Kier molecular flexibility index (Phi) is 7.71. The number of halogens is 2. The molecule has 1 aromatic heterocycles. The van der Waals surface area contributed by atoms with Gasteiger partial charge in [-0.2, -0.15) is 0 Å². The van der Waals surface area contributed by atoms with Crippen LogP contribution in [0.5, 0.6) is 0 Å². The number of aryl methyl sites for hydroxylation is 1. The minimum atomic E-state index is -0.701. The van der Waals surface area contributed by atoms with E-state index in [9.17, 15) is 4.79 Å². The molecule has 8 heteroatoms. The summed E-state index contributed by atoms with van der Waals surface area (Å²) in [5, 5.41) is 9.52. The first-order chi connectivity index (χ1) is 16.4. The average Bonchev–Trinajstić information content (AvgIpc) is 3.25. The van der Waals surface area contributed by atoms with Crippen LogP contribution in [0.1, 0.15) is 67.3 Å². The molecule has 0 N–H and O–H groups in total. The molecule has 0 bridgehead atoms. The fourth-order valence-corrected chi connectivity index (χ4v) is 4.78. The van der Waals surface area contributed by atoms with Crippen LogP contribution in [0, 0.1) is 6.92 Å². The van der Waals surface area contributed by atoms with Crippen LogP contribution in [-0.2, 0) is 9.53 Å². The number of benzene rings is 2. The minimum absolute atomic E-state index is 0.146. The zero-order valence-corrected chi connectivity index (χ0v) is 20.7. The van der Waals surface area contributed by atoms with E-state index in [4.69, 9.17) is 32.4 Å². The van der Waals surface area contributed by atoms with Crippen LogP contribution in [0.15, 0.2) is 65.6 Å². The number of hydrogen-bond acceptors (Lipinski definition) is 5. The third-order valence-electron chi connectivity index (χ3n) is 5.92. The van der Waals surface area contributed by atoms with Gasteiger partial charge in [0.25, 0.3) is 5.91 Å². The second-order valence-corrected chi connectivity index (χ2v) is 9.20. The average molecular weight is 500 g/mol. The van der Waals surface area contributed by atoms with Gasteiger partial charge in [-0.25, -0.2) is 0 Å². The Balaban J connectivity index is 1.91. The number of hydrogen-bond donors (Lipinski definition) is 0. The van der Waals surface area contributed by atoms with Crippen molar-refractivity contribution >= 4 is 29.1 Å². The minimum Gasteiger partial charge on any atom is -0.423 e. The van der Waals surface area contributed by atoms with Gasteiger partial charge < -0.3 is 14.1 Å². The number of amides is 1. The van der Waals surface area contributed by atoms with Gasteiger partial charge >= 0.3 is 0 Å². The van der Waals surface area contributed by atoms with E-state index in [-0.39, 0.29) is 5.91 Å². The number of nitrogens with zero attached hydrogens (tertiary/aromatic N) is 3. The number of carbonyl (C=O) groups is 1. The molecular weight excluding hydrogens is 473 g/mol. The van der Waals surface area contributed by atoms with Crippen molar-refractivity contribution in [1.29, 1.82) is 0 Å². The summed E-state index contributed by atoms with van der Waals surface area (Å²) < 4.78 is 12.3. The molecule has 0 spiro atoms. The van der Waals surface area contributed by atoms with Crippen LogP contribution in [-0.4, -0.2) is 27.1 Å². The van der Waals surface area contributed by atoms with Crippen molar-refractivity contribution in [3.05, 3.63) is 94.1 Å². The molecule has 2 heterocycles. The van der Waals surface area contributed by atoms with E-state index in [2.05, 4.69) is 23.7 Å². The molecule has 6 nitrogen and oxygen atoms in total. The normalized spacial score (nSPS) is 21.5. The quantitative estimate of drug-likeness (QED) is 0.318. The summed E-state index contributed by atoms with van der Waals surface area (Å²) >= 11 is 12.5. The Morgan fingerprint density at radius 1 is 1.12 bits per heavy atom. The maximum atomic E-state index is 13.9. The Morgan fingerprint density at radius 2 is 1.88 bits per heavy atom. The number of morpholine rings is 1. The lowest BCUT2D eigenvalue weighted by Crippen LogP contribution is -2.52. The summed E-state index contributed by atoms with van der Waals surface area (Å²) in [4.78, 5) is 15.8. The van der Waals surface area contributed by atoms with Crippen molar-refractivity contribution in [2.45, 2.75) is 57.4 Å². The number of rotatable bonds is 8. The van der Waals surface area contributed by atoms with Crippen molar-refractivity contribution in [1.82, 2.24) is 15.1 Å². The highest BCUT2D eigenvalue weighted by atomic mass is 35.5. The molecule has 0 aliphatic carbocycles. The van der Waals surface area contributed by atoms with Crippen LogP contribution >= 0.6 is 23.2 Å². The van der Waals surface area contributed by atoms with E-state index < -0.39 is 24.3 Å². The van der Waals surface area contributed by atoms with Gasteiger partial charge in [-0.05, 0) is 41.8 Å². The maximum Gasteiger partial charge on any atom is 0.253 e. The summed E-state index contributed by atoms with van der Waals surface area (Å²) in [6.07, 6.45) is 2.36. The summed E-state index contributed by atoms with van der Waals surface area (Å²) in [5.74, 6) is 0.720. The third-order valence-corrected chi connectivity index (χ3v) is 6.41. The topological polar surface area (TPSA) is 68.5 Å². The van der Waals surface area contributed by atoms with Crippen LogP contribution < -0.4 is 0 Å². The Bertz CT molecular complexity index is 1150. The smallest absolute Gasteiger partial charge is 0.253 e. The van der Waals surface area contributed by atoms with Crippen molar-refractivity contribution in [3.8, 4) is 0 Å². The predicted octanol–water partition coefficient (Wildman–Crippen LogP) is 6.81. The highest BCUT2D eigenvalue weighted by Gasteiger charge is 2.47. The molecule has 0 saturated carbocycles. The van der Waals surface area contributed by atoms with Gasteiger partial charge in [0.2, 0.25) is 11.8 Å². The molecule has 4 rings (SSSR count). The van der Waals surface area contributed by atoms with Crippen LogP contribution in [0.4, 0.5) is 0 Å². The Hall–Kier alpha value is -2.67. The molecule has 0 unspecified atom stereocenters. The second kappa shape index (κ2) is 10.7. The van der Waals surface area contributed by atoms with E-state index >= 15 is 0 Å². The van der Waals surface area contributed by atoms with E-state index in [1.54, 1.807) is 13.0 Å². The second-order valence-electron chi connectivity index (χ2n) is 8.33. The van der Waals surface area contributed by atoms with Gasteiger partial charge in [0, 0.05) is 23.4 Å². The zero-order valence-electron chi connectivity index (χ0n) is 19.2. The SMILES string of the molecule is C=CC[C@H]1O[C@H](c2cccc(Cl)c2)[C@H](c2ccc(Cl)cc2)N([C@@H](CCC)c2nnc(C)o2)C1=O. The molecule has 1 fully saturated rings. The number of aromatic nitrogens is 2. The maximum absolute atomic E-state index is 13.9. The van der Waals surface area contributed by atoms with Crippen LogP contribution in [0.3, 0.4) is 0 Å². The first kappa shape index (κ1) is 24.5. The van der Waals surface area contributed by atoms with E-state index in [0.717, 1.165) is 17.5 Å². The van der Waals surface area contributed by atoms with E-state index in [1.165, 1.54) is 0 Å². The Labute approximate surface area is 209 Å². The molecule has 0 radical (unpaired) electrons. The summed E-state index contributed by atoms with van der Waals surface area (Å²) in [5.41, 5.74) is 1.76. The molecule has 3 aromatic rings. The zero-order chi connectivity index (χ0) is 24.2. The largest absolute Gasteiger partial charge is 0.423 e. The lowest BCUT2D eigenvalue weighted by Gasteiger charge is -2.47. The summed E-state index contributed by atoms with van der Waals surface area (Å²) in [6, 6.07) is 14.1. The fourth-order valence-electron chi connectivity index (χ4n) is 4.46. The molecule has 1 amide bonds. The van der Waals surface area contributed by atoms with E-state index in [1.807, 2.05) is 53.4 Å². The van der Waals surface area contributed by atoms with Gasteiger partial charge in [0.1, 0.15) is 18.2 Å². The van der Waals surface area contributed by atoms with E-state index in [0.29, 0.717) is 34.7 Å². The molecule has 2 aromatic carbocycles. The van der Waals surface area contributed by atoms with Crippen molar-refractivity contribution < 1.29 is 13.9 Å². The first-order valence-corrected chi connectivity index (χ1v) is 12.1. The highest BCUT2D eigenvalue weighted by Crippen LogP contribution is 2.47. The van der Waals surface area contributed by atoms with Gasteiger partial charge in [-0.3, -0.25) is 4.79 Å². The molecule has 34 heavy (non-hydrogen) atoms. The van der Waals surface area contributed by atoms with Gasteiger partial charge in [-0.1, -0.05) is 66.9 Å². The van der Waals surface area contributed by atoms with Gasteiger partial charge in [0.05, 0.1) is 6.04 Å². The number of carbonyl (C=O) groups excluding carboxylic acids is 1. The fraction of sp³-hybridized carbons (Fsp3) is 0.346. The lowest BCUT2D eigenvalue weighted by molar-refractivity contribution is -0.180. The number of ether oxygens (including phenoxy) is 1. The van der Waals surface area contributed by atoms with Crippen molar-refractivity contribution in [2.24, 2.45) is 0 Å². The Morgan fingerprint density at radius 3 is 2.50 bits per heavy atom. The lowest BCUT2D eigenvalue weighted by atomic mass is 9.89. The van der Waals surface area contributed by atoms with Crippen LogP contribution in [0.25, 0.3) is 0 Å². The van der Waals surface area contributed by atoms with Crippen LogP contribution in [0.2, 0.25) is 10.0 Å². The molecule has 1 aliphatic heterocycles. The monoisotopic (exact) mass is 499 g/mol. The van der Waals surface area contributed by atoms with Gasteiger partial charge in [-0.15, -0.1) is 16.8 Å². The molecule has 178 valence electrons. The highest BCUT2D eigenvalue weighted by molar-refractivity contribution is 6.30. The third kappa shape index (κ3) is 5.04. The van der Waals surface area contributed by atoms with Gasteiger partial charge in [0.15, 0.2) is 0 Å². The summed E-state index contributed by atoms with van der Waals surface area (Å²) in [7, 11) is 0. The molecular formula is C26H27Cl2N3O3. The van der Waals surface area contributed by atoms with Crippen molar-refractivity contribution in [3.63, 3.8) is 0 Å². The standard InChI is InChI=1S/C26H27Cl2N3O3/c1-4-7-21(25-30-29-16(3)33-25)31-23(17-11-13-19(27)14-12-17)24(18-9-6-10-20(28)15-18)34-22(8-5-2)26(31)32/h5-6,9-15,21-24H,2,4,7-8H2,1,3H3/t21-,22+,23-,24+/m0/s1. The molecule has 1 saturated heterocycles. The summed E-state index contributed by atoms with van der Waals surface area (Å²) in [6.45, 7) is 7.63. The molecule has 1 aliphatic rings. The first-order valence-electron chi connectivity index (χ1n) is 11.3. The predicted molar refractivity (Wildman–Crippen MR) is 132 cm³/mol. The van der Waals surface area contributed by atoms with Crippen molar-refractivity contribution in [2.75, 3.05) is 0 Å².